The molecule has 0 radical (unpaired) electrons. The molecule has 1 N–H and O–H groups in total. The number of amides is 1. The Labute approximate surface area is 186 Å². The lowest BCUT2D eigenvalue weighted by Gasteiger charge is -2.20. The standard InChI is InChI=1S/C25H24N4O3/c1-2-31-21-10-8-19(9-11-21)24(18-6-4-3-5-7-18)27-22(30)12-13-23-28-25(29-32-23)20-14-16-26-17-15-20/h3-11,14-17,24H,2,12-13H2,1H3,(H,27,30). The summed E-state index contributed by atoms with van der Waals surface area (Å²) >= 11 is 0. The van der Waals surface area contributed by atoms with Gasteiger partial charge in [-0.25, -0.2) is 0 Å². The monoisotopic (exact) mass is 428 g/mol. The van der Waals surface area contributed by atoms with E-state index in [1.54, 1.807) is 12.4 Å². The molecule has 2 aromatic heterocycles. The Balaban J connectivity index is 1.43. The number of ether oxygens (including phenoxy) is 1. The van der Waals surface area contributed by atoms with Crippen LogP contribution in [0, 0.1) is 0 Å². The van der Waals surface area contributed by atoms with Gasteiger partial charge in [0.2, 0.25) is 17.6 Å². The number of carbonyl (C=O) groups is 1. The number of aromatic nitrogens is 3. The van der Waals surface area contributed by atoms with E-state index in [0.717, 1.165) is 22.4 Å². The number of rotatable bonds is 9. The van der Waals surface area contributed by atoms with Crippen molar-refractivity contribution < 1.29 is 14.1 Å². The van der Waals surface area contributed by atoms with Crippen LogP contribution in [0.5, 0.6) is 5.75 Å². The van der Waals surface area contributed by atoms with E-state index in [0.29, 0.717) is 24.7 Å². The van der Waals surface area contributed by atoms with E-state index in [2.05, 4.69) is 20.4 Å². The summed E-state index contributed by atoms with van der Waals surface area (Å²) < 4.78 is 10.8. The zero-order valence-electron chi connectivity index (χ0n) is 17.8. The molecule has 2 heterocycles. The number of carbonyl (C=O) groups excluding carboxylic acids is 1. The molecule has 162 valence electrons. The molecule has 1 unspecified atom stereocenters. The molecule has 1 atom stereocenters. The van der Waals surface area contributed by atoms with Crippen molar-refractivity contribution in [2.24, 2.45) is 0 Å². The van der Waals surface area contributed by atoms with Crippen molar-refractivity contribution in [3.8, 4) is 17.1 Å². The molecular weight excluding hydrogens is 404 g/mol. The second-order valence-electron chi connectivity index (χ2n) is 7.16. The number of hydrogen-bond acceptors (Lipinski definition) is 6. The molecule has 0 spiro atoms. The van der Waals surface area contributed by atoms with Gasteiger partial charge in [0.25, 0.3) is 0 Å². The second-order valence-corrected chi connectivity index (χ2v) is 7.16. The van der Waals surface area contributed by atoms with Gasteiger partial charge in [-0.05, 0) is 42.3 Å². The van der Waals surface area contributed by atoms with E-state index in [1.165, 1.54) is 0 Å². The largest absolute Gasteiger partial charge is 0.494 e. The summed E-state index contributed by atoms with van der Waals surface area (Å²) in [5, 5.41) is 7.12. The van der Waals surface area contributed by atoms with Crippen LogP contribution in [0.2, 0.25) is 0 Å². The Hall–Kier alpha value is -4.00. The van der Waals surface area contributed by atoms with E-state index >= 15 is 0 Å². The molecule has 32 heavy (non-hydrogen) atoms. The van der Waals surface area contributed by atoms with Crippen molar-refractivity contribution in [1.82, 2.24) is 20.4 Å². The Kier molecular flexibility index (Phi) is 6.87. The predicted molar refractivity (Wildman–Crippen MR) is 120 cm³/mol. The molecule has 4 rings (SSSR count). The minimum atomic E-state index is -0.269. The summed E-state index contributed by atoms with van der Waals surface area (Å²) in [6.07, 6.45) is 3.93. The van der Waals surface area contributed by atoms with Crippen LogP contribution in [0.15, 0.2) is 83.6 Å². The van der Waals surface area contributed by atoms with Gasteiger partial charge in [0.1, 0.15) is 5.75 Å². The maximum Gasteiger partial charge on any atom is 0.227 e. The lowest BCUT2D eigenvalue weighted by atomic mass is 9.98. The number of pyridine rings is 1. The van der Waals surface area contributed by atoms with Crippen LogP contribution in [-0.2, 0) is 11.2 Å². The fourth-order valence-corrected chi connectivity index (χ4v) is 3.36. The molecule has 7 heteroatoms. The Morgan fingerprint density at radius 3 is 2.44 bits per heavy atom. The van der Waals surface area contributed by atoms with Crippen LogP contribution < -0.4 is 10.1 Å². The van der Waals surface area contributed by atoms with Gasteiger partial charge in [-0.3, -0.25) is 9.78 Å². The van der Waals surface area contributed by atoms with Crippen LogP contribution >= 0.6 is 0 Å². The van der Waals surface area contributed by atoms with Gasteiger partial charge in [0.05, 0.1) is 12.6 Å². The molecule has 0 saturated heterocycles. The fraction of sp³-hybridized carbons (Fsp3) is 0.200. The average molecular weight is 428 g/mol. The lowest BCUT2D eigenvalue weighted by Crippen LogP contribution is -2.29. The summed E-state index contributed by atoms with van der Waals surface area (Å²) in [5.74, 6) is 1.61. The highest BCUT2D eigenvalue weighted by atomic mass is 16.5. The highest BCUT2D eigenvalue weighted by molar-refractivity contribution is 5.77. The molecule has 0 aliphatic rings. The lowest BCUT2D eigenvalue weighted by molar-refractivity contribution is -0.121. The van der Waals surface area contributed by atoms with Gasteiger partial charge >= 0.3 is 0 Å². The molecule has 2 aromatic carbocycles. The quantitative estimate of drug-likeness (QED) is 0.426. The van der Waals surface area contributed by atoms with Crippen LogP contribution in [0.3, 0.4) is 0 Å². The average Bonchev–Trinajstić information content (AvgIpc) is 3.32. The van der Waals surface area contributed by atoms with Crippen molar-refractivity contribution in [2.45, 2.75) is 25.8 Å². The first-order chi connectivity index (χ1) is 15.7. The molecule has 7 nitrogen and oxygen atoms in total. The molecule has 4 aromatic rings. The zero-order chi connectivity index (χ0) is 22.2. The number of hydrogen-bond donors (Lipinski definition) is 1. The molecule has 0 aliphatic heterocycles. The van der Waals surface area contributed by atoms with Crippen LogP contribution in [0.4, 0.5) is 0 Å². The first-order valence-electron chi connectivity index (χ1n) is 10.5. The second kappa shape index (κ2) is 10.3. The molecule has 0 saturated carbocycles. The highest BCUT2D eigenvalue weighted by Gasteiger charge is 2.18. The Bertz CT molecular complexity index is 1130. The Morgan fingerprint density at radius 1 is 1.00 bits per heavy atom. The van der Waals surface area contributed by atoms with E-state index in [1.807, 2.05) is 73.7 Å². The third-order valence-corrected chi connectivity index (χ3v) is 4.94. The maximum atomic E-state index is 12.8. The molecule has 0 bridgehead atoms. The predicted octanol–water partition coefficient (Wildman–Crippen LogP) is 4.37. The number of aryl methyl sites for hydroxylation is 1. The van der Waals surface area contributed by atoms with Crippen LogP contribution in [0.1, 0.15) is 36.4 Å². The third kappa shape index (κ3) is 5.37. The van der Waals surface area contributed by atoms with Crippen molar-refractivity contribution in [2.75, 3.05) is 6.61 Å². The SMILES string of the molecule is CCOc1ccc(C(NC(=O)CCc2nc(-c3ccncc3)no2)c2ccccc2)cc1. The Morgan fingerprint density at radius 2 is 1.72 bits per heavy atom. The van der Waals surface area contributed by atoms with Gasteiger partial charge < -0.3 is 14.6 Å². The normalized spacial score (nSPS) is 11.7. The van der Waals surface area contributed by atoms with Crippen molar-refractivity contribution in [3.05, 3.63) is 96.1 Å². The summed E-state index contributed by atoms with van der Waals surface area (Å²) in [7, 11) is 0. The van der Waals surface area contributed by atoms with Crippen molar-refractivity contribution in [1.29, 1.82) is 0 Å². The first kappa shape index (κ1) is 21.2. The number of benzene rings is 2. The van der Waals surface area contributed by atoms with E-state index in [9.17, 15) is 4.79 Å². The van der Waals surface area contributed by atoms with Crippen LogP contribution in [0.25, 0.3) is 11.4 Å². The van der Waals surface area contributed by atoms with Gasteiger partial charge in [-0.2, -0.15) is 4.98 Å². The first-order valence-corrected chi connectivity index (χ1v) is 10.5. The summed E-state index contributed by atoms with van der Waals surface area (Å²) in [5.41, 5.74) is 2.80. The third-order valence-electron chi connectivity index (χ3n) is 4.94. The molecule has 0 aliphatic carbocycles. The van der Waals surface area contributed by atoms with Gasteiger partial charge in [-0.1, -0.05) is 47.6 Å². The van der Waals surface area contributed by atoms with E-state index in [-0.39, 0.29) is 18.4 Å². The number of nitrogens with zero attached hydrogens (tertiary/aromatic N) is 3. The highest BCUT2D eigenvalue weighted by Crippen LogP contribution is 2.24. The van der Waals surface area contributed by atoms with Gasteiger partial charge in [-0.15, -0.1) is 0 Å². The van der Waals surface area contributed by atoms with Gasteiger partial charge in [0.15, 0.2) is 0 Å². The van der Waals surface area contributed by atoms with Crippen molar-refractivity contribution >= 4 is 5.91 Å². The van der Waals surface area contributed by atoms with Crippen molar-refractivity contribution in [3.63, 3.8) is 0 Å². The van der Waals surface area contributed by atoms with Gasteiger partial charge in [0, 0.05) is 30.8 Å². The smallest absolute Gasteiger partial charge is 0.227 e. The summed E-state index contributed by atoms with van der Waals surface area (Å²) in [4.78, 5) is 21.1. The molecule has 1 amide bonds. The fourth-order valence-electron chi connectivity index (χ4n) is 3.36. The van der Waals surface area contributed by atoms with Crippen LogP contribution in [-0.4, -0.2) is 27.6 Å². The number of nitrogens with one attached hydrogen (secondary N) is 1. The summed E-state index contributed by atoms with van der Waals surface area (Å²) in [6, 6.07) is 21.0. The van der Waals surface area contributed by atoms with E-state index < -0.39 is 0 Å². The minimum Gasteiger partial charge on any atom is -0.494 e. The molecular formula is C25H24N4O3. The zero-order valence-corrected chi connectivity index (χ0v) is 17.8. The maximum absolute atomic E-state index is 12.8. The minimum absolute atomic E-state index is 0.101. The topological polar surface area (TPSA) is 90.1 Å². The van der Waals surface area contributed by atoms with E-state index in [4.69, 9.17) is 9.26 Å². The summed E-state index contributed by atoms with van der Waals surface area (Å²) in [6.45, 7) is 2.56. The molecule has 0 fully saturated rings.